The van der Waals surface area contributed by atoms with Crippen molar-refractivity contribution in [3.8, 4) is 0 Å². The van der Waals surface area contributed by atoms with Gasteiger partial charge >= 0.3 is 0 Å². The van der Waals surface area contributed by atoms with Gasteiger partial charge in [0.25, 0.3) is 0 Å². The lowest BCUT2D eigenvalue weighted by Gasteiger charge is -2.31. The molecule has 2 heterocycles. The van der Waals surface area contributed by atoms with Crippen LogP contribution in [0, 0.1) is 19.8 Å². The Morgan fingerprint density at radius 1 is 1.06 bits per heavy atom. The van der Waals surface area contributed by atoms with Crippen LogP contribution in [0.15, 0.2) is 65.8 Å². The van der Waals surface area contributed by atoms with E-state index in [0.717, 1.165) is 22.3 Å². The Hall–Kier alpha value is -2.97. The van der Waals surface area contributed by atoms with Crippen LogP contribution in [-0.4, -0.2) is 41.5 Å². The van der Waals surface area contributed by atoms with Gasteiger partial charge in [-0.1, -0.05) is 42.0 Å². The van der Waals surface area contributed by atoms with Gasteiger partial charge in [-0.15, -0.1) is 0 Å². The highest BCUT2D eigenvalue weighted by Gasteiger charge is 2.32. The van der Waals surface area contributed by atoms with Gasteiger partial charge in [0.2, 0.25) is 15.9 Å². The molecule has 0 saturated carbocycles. The lowest BCUT2D eigenvalue weighted by atomic mass is 9.97. The standard InChI is InChI=1S/C25H30N4O3S/c1-19-8-9-24(20(2)16-19)33(31,32)29-14-10-21(11-15-29)25(30)26-17-22-6-3-4-7-23(22)18-28-13-5-12-27-28/h3-9,12-13,16,21H,10-11,14-15,17-18H2,1-2H3,(H,26,30). The van der Waals surface area contributed by atoms with E-state index in [1.165, 1.54) is 4.31 Å². The first-order valence-corrected chi connectivity index (χ1v) is 12.7. The zero-order chi connectivity index (χ0) is 23.4. The first-order valence-electron chi connectivity index (χ1n) is 11.2. The summed E-state index contributed by atoms with van der Waals surface area (Å²) in [6.07, 6.45) is 4.70. The Bertz CT molecular complexity index is 1210. The summed E-state index contributed by atoms with van der Waals surface area (Å²) in [6, 6.07) is 15.3. The normalized spacial score (nSPS) is 15.5. The largest absolute Gasteiger partial charge is 0.352 e. The van der Waals surface area contributed by atoms with Crippen molar-refractivity contribution in [1.29, 1.82) is 0 Å². The molecule has 174 valence electrons. The van der Waals surface area contributed by atoms with Crippen LogP contribution in [0.5, 0.6) is 0 Å². The predicted molar refractivity (Wildman–Crippen MR) is 127 cm³/mol. The van der Waals surface area contributed by atoms with Crippen LogP contribution in [0.2, 0.25) is 0 Å². The van der Waals surface area contributed by atoms with Crippen LogP contribution in [0.1, 0.15) is 35.1 Å². The molecule has 1 aromatic heterocycles. The number of aryl methyl sites for hydroxylation is 2. The van der Waals surface area contributed by atoms with Crippen LogP contribution in [0.4, 0.5) is 0 Å². The number of piperidine rings is 1. The lowest BCUT2D eigenvalue weighted by Crippen LogP contribution is -2.43. The number of aromatic nitrogens is 2. The Morgan fingerprint density at radius 2 is 1.79 bits per heavy atom. The van der Waals surface area contributed by atoms with Gasteiger partial charge in [-0.2, -0.15) is 9.40 Å². The number of carbonyl (C=O) groups is 1. The Balaban J connectivity index is 1.34. The summed E-state index contributed by atoms with van der Waals surface area (Å²) >= 11 is 0. The predicted octanol–water partition coefficient (Wildman–Crippen LogP) is 3.27. The van der Waals surface area contributed by atoms with Gasteiger partial charge in [0.15, 0.2) is 0 Å². The quantitative estimate of drug-likeness (QED) is 0.579. The molecule has 1 fully saturated rings. The number of amides is 1. The van der Waals surface area contributed by atoms with E-state index in [1.54, 1.807) is 12.3 Å². The first-order chi connectivity index (χ1) is 15.8. The smallest absolute Gasteiger partial charge is 0.243 e. The molecule has 3 aromatic rings. The molecule has 0 atom stereocenters. The van der Waals surface area contributed by atoms with Crippen LogP contribution in [-0.2, 0) is 27.9 Å². The Labute approximate surface area is 195 Å². The maximum Gasteiger partial charge on any atom is 0.243 e. The second-order valence-electron chi connectivity index (χ2n) is 8.64. The summed E-state index contributed by atoms with van der Waals surface area (Å²) in [5.41, 5.74) is 3.95. The molecule has 0 aliphatic carbocycles. The number of sulfonamides is 1. The molecule has 1 N–H and O–H groups in total. The summed E-state index contributed by atoms with van der Waals surface area (Å²) in [4.78, 5) is 13.2. The summed E-state index contributed by atoms with van der Waals surface area (Å²) in [5.74, 6) is -0.207. The van der Waals surface area contributed by atoms with Crippen molar-refractivity contribution in [1.82, 2.24) is 19.4 Å². The molecule has 8 heteroatoms. The second-order valence-corrected chi connectivity index (χ2v) is 10.5. The molecule has 1 amide bonds. The van der Waals surface area contributed by atoms with Crippen LogP contribution in [0.3, 0.4) is 0 Å². The molecule has 7 nitrogen and oxygen atoms in total. The molecular weight excluding hydrogens is 436 g/mol. The topological polar surface area (TPSA) is 84.3 Å². The average molecular weight is 467 g/mol. The molecule has 0 spiro atoms. The molecule has 0 unspecified atom stereocenters. The zero-order valence-electron chi connectivity index (χ0n) is 19.1. The van der Waals surface area contributed by atoms with Gasteiger partial charge in [-0.3, -0.25) is 9.48 Å². The van der Waals surface area contributed by atoms with Gasteiger partial charge < -0.3 is 5.32 Å². The minimum Gasteiger partial charge on any atom is -0.352 e. The number of benzene rings is 2. The van der Waals surface area contributed by atoms with E-state index in [2.05, 4.69) is 10.4 Å². The maximum absolute atomic E-state index is 13.1. The fourth-order valence-electron chi connectivity index (χ4n) is 4.37. The van der Waals surface area contributed by atoms with Gasteiger partial charge in [0.05, 0.1) is 11.4 Å². The number of hydrogen-bond acceptors (Lipinski definition) is 4. The third-order valence-corrected chi connectivity index (χ3v) is 8.29. The average Bonchev–Trinajstić information content (AvgIpc) is 3.31. The second kappa shape index (κ2) is 9.89. The van der Waals surface area contributed by atoms with E-state index in [4.69, 9.17) is 0 Å². The SMILES string of the molecule is Cc1ccc(S(=O)(=O)N2CCC(C(=O)NCc3ccccc3Cn3cccn3)CC2)c(C)c1. The van der Waals surface area contributed by atoms with E-state index in [9.17, 15) is 13.2 Å². The molecule has 1 saturated heterocycles. The third-order valence-electron chi connectivity index (χ3n) is 6.24. The van der Waals surface area contributed by atoms with Gasteiger partial charge in [-0.05, 0) is 55.5 Å². The van der Waals surface area contributed by atoms with Crippen molar-refractivity contribution in [2.75, 3.05) is 13.1 Å². The van der Waals surface area contributed by atoms with Crippen molar-refractivity contribution in [3.05, 3.63) is 83.2 Å². The van der Waals surface area contributed by atoms with Gasteiger partial charge in [0, 0.05) is 37.9 Å². The third kappa shape index (κ3) is 5.34. The highest BCUT2D eigenvalue weighted by Crippen LogP contribution is 2.26. The lowest BCUT2D eigenvalue weighted by molar-refractivity contribution is -0.126. The number of nitrogens with zero attached hydrogens (tertiary/aromatic N) is 3. The van der Waals surface area contributed by atoms with E-state index in [0.29, 0.717) is 43.9 Å². The first kappa shape index (κ1) is 23.2. The fraction of sp³-hybridized carbons (Fsp3) is 0.360. The summed E-state index contributed by atoms with van der Waals surface area (Å²) < 4.78 is 29.5. The van der Waals surface area contributed by atoms with Crippen LogP contribution >= 0.6 is 0 Å². The summed E-state index contributed by atoms with van der Waals surface area (Å²) in [6.45, 7) is 5.56. The summed E-state index contributed by atoms with van der Waals surface area (Å²) in [7, 11) is -3.55. The van der Waals surface area contributed by atoms with Crippen LogP contribution in [0.25, 0.3) is 0 Å². The monoisotopic (exact) mass is 466 g/mol. The molecular formula is C25H30N4O3S. The highest BCUT2D eigenvalue weighted by atomic mass is 32.2. The van der Waals surface area contributed by atoms with E-state index >= 15 is 0 Å². The number of rotatable bonds is 7. The zero-order valence-corrected chi connectivity index (χ0v) is 19.9. The van der Waals surface area contributed by atoms with Crippen molar-refractivity contribution >= 4 is 15.9 Å². The summed E-state index contributed by atoms with van der Waals surface area (Å²) in [5, 5.41) is 7.31. The van der Waals surface area contributed by atoms with Crippen molar-refractivity contribution in [3.63, 3.8) is 0 Å². The van der Waals surface area contributed by atoms with E-state index in [-0.39, 0.29) is 11.8 Å². The molecule has 33 heavy (non-hydrogen) atoms. The molecule has 1 aliphatic rings. The molecule has 1 aliphatic heterocycles. The maximum atomic E-state index is 13.1. The number of nitrogens with one attached hydrogen (secondary N) is 1. The minimum atomic E-state index is -3.55. The minimum absolute atomic E-state index is 0.0209. The Morgan fingerprint density at radius 3 is 2.45 bits per heavy atom. The van der Waals surface area contributed by atoms with Gasteiger partial charge in [0.1, 0.15) is 0 Å². The van der Waals surface area contributed by atoms with Crippen LogP contribution < -0.4 is 5.32 Å². The number of hydrogen-bond donors (Lipinski definition) is 1. The number of carbonyl (C=O) groups excluding carboxylic acids is 1. The molecule has 4 rings (SSSR count). The highest BCUT2D eigenvalue weighted by molar-refractivity contribution is 7.89. The van der Waals surface area contributed by atoms with Gasteiger partial charge in [-0.25, -0.2) is 8.42 Å². The fourth-order valence-corrected chi connectivity index (χ4v) is 6.04. The van der Waals surface area contributed by atoms with E-state index < -0.39 is 10.0 Å². The molecule has 2 aromatic carbocycles. The van der Waals surface area contributed by atoms with E-state index in [1.807, 2.05) is 67.2 Å². The Kier molecular flexibility index (Phi) is 6.95. The van der Waals surface area contributed by atoms with Crippen molar-refractivity contribution < 1.29 is 13.2 Å². The van der Waals surface area contributed by atoms with Crippen molar-refractivity contribution in [2.45, 2.75) is 44.7 Å². The van der Waals surface area contributed by atoms with Crippen molar-refractivity contribution in [2.24, 2.45) is 5.92 Å². The molecule has 0 radical (unpaired) electrons. The molecule has 0 bridgehead atoms.